The number of hydrogen-bond acceptors (Lipinski definition) is 3. The monoisotopic (exact) mass is 479 g/mol. The van der Waals surface area contributed by atoms with Crippen LogP contribution >= 0.6 is 0 Å². The Balaban J connectivity index is 1.35. The maximum absolute atomic E-state index is 13.8. The van der Waals surface area contributed by atoms with Crippen molar-refractivity contribution < 1.29 is 4.79 Å². The lowest BCUT2D eigenvalue weighted by molar-refractivity contribution is 0.0641. The summed E-state index contributed by atoms with van der Waals surface area (Å²) in [5.74, 6) is 0.0309. The van der Waals surface area contributed by atoms with E-state index in [1.54, 1.807) is 0 Å². The van der Waals surface area contributed by atoms with Gasteiger partial charge in [0, 0.05) is 46.0 Å². The van der Waals surface area contributed by atoms with Gasteiger partial charge in [0.25, 0.3) is 5.91 Å². The van der Waals surface area contributed by atoms with Gasteiger partial charge in [-0.2, -0.15) is 5.10 Å². The molecule has 2 aromatic heterocycles. The highest BCUT2D eigenvalue weighted by Gasteiger charge is 2.26. The molecule has 36 heavy (non-hydrogen) atoms. The van der Waals surface area contributed by atoms with Crippen LogP contribution in [0.15, 0.2) is 79.0 Å². The number of aryl methyl sites for hydroxylation is 3. The highest BCUT2D eigenvalue weighted by Crippen LogP contribution is 2.25. The summed E-state index contributed by atoms with van der Waals surface area (Å²) in [4.78, 5) is 18.1. The van der Waals surface area contributed by atoms with Crippen molar-refractivity contribution in [3.63, 3.8) is 0 Å². The molecule has 2 aromatic carbocycles. The first kappa shape index (κ1) is 23.8. The third-order valence-corrected chi connectivity index (χ3v) is 6.86. The van der Waals surface area contributed by atoms with Crippen molar-refractivity contribution in [1.82, 2.24) is 24.1 Å². The molecule has 0 spiro atoms. The van der Waals surface area contributed by atoms with E-state index in [2.05, 4.69) is 73.4 Å². The van der Waals surface area contributed by atoms with E-state index < -0.39 is 0 Å². The van der Waals surface area contributed by atoms with Crippen molar-refractivity contribution in [2.45, 2.75) is 13.8 Å². The van der Waals surface area contributed by atoms with E-state index in [-0.39, 0.29) is 5.91 Å². The molecule has 6 nitrogen and oxygen atoms in total. The van der Waals surface area contributed by atoms with Crippen LogP contribution in [0.5, 0.6) is 0 Å². The Morgan fingerprint density at radius 2 is 1.72 bits per heavy atom. The Labute approximate surface area is 213 Å². The van der Waals surface area contributed by atoms with E-state index in [1.165, 1.54) is 5.56 Å². The maximum Gasteiger partial charge on any atom is 0.272 e. The predicted octanol–water partition coefficient (Wildman–Crippen LogP) is 4.97. The third-order valence-electron chi connectivity index (χ3n) is 6.86. The first-order chi connectivity index (χ1) is 17.5. The normalized spacial score (nSPS) is 14.6. The maximum atomic E-state index is 13.8. The molecule has 0 bridgehead atoms. The predicted molar refractivity (Wildman–Crippen MR) is 145 cm³/mol. The molecule has 0 radical (unpaired) electrons. The number of benzene rings is 2. The average Bonchev–Trinajstić information content (AvgIpc) is 3.52. The van der Waals surface area contributed by atoms with E-state index >= 15 is 0 Å². The van der Waals surface area contributed by atoms with Crippen molar-refractivity contribution in [3.05, 3.63) is 101 Å². The lowest BCUT2D eigenvalue weighted by Gasteiger charge is -2.34. The molecule has 0 saturated carbocycles. The first-order valence-electron chi connectivity index (χ1n) is 12.5. The second-order valence-electron chi connectivity index (χ2n) is 9.53. The molecule has 4 aromatic rings. The second kappa shape index (κ2) is 10.4. The highest BCUT2D eigenvalue weighted by molar-refractivity contribution is 5.94. The first-order valence-corrected chi connectivity index (χ1v) is 12.5. The minimum Gasteiger partial charge on any atom is -0.349 e. The van der Waals surface area contributed by atoms with E-state index in [9.17, 15) is 4.79 Å². The van der Waals surface area contributed by atoms with E-state index in [1.807, 2.05) is 51.7 Å². The zero-order valence-corrected chi connectivity index (χ0v) is 21.3. The smallest absolute Gasteiger partial charge is 0.272 e. The molecule has 1 saturated heterocycles. The molecule has 0 aliphatic carbocycles. The molecule has 1 fully saturated rings. The summed E-state index contributed by atoms with van der Waals surface area (Å²) in [5.41, 5.74) is 6.79. The summed E-state index contributed by atoms with van der Waals surface area (Å²) in [6.45, 7) is 8.13. The van der Waals surface area contributed by atoms with Gasteiger partial charge in [-0.25, -0.2) is 4.68 Å². The molecule has 0 atom stereocenters. The summed E-state index contributed by atoms with van der Waals surface area (Å²) < 4.78 is 3.87. The third kappa shape index (κ3) is 5.04. The van der Waals surface area contributed by atoms with Gasteiger partial charge in [-0.15, -0.1) is 0 Å². The van der Waals surface area contributed by atoms with Crippen molar-refractivity contribution in [1.29, 1.82) is 0 Å². The average molecular weight is 480 g/mol. The number of carbonyl (C=O) groups excluding carboxylic acids is 1. The fraction of sp³-hybridized carbons (Fsp3) is 0.267. The van der Waals surface area contributed by atoms with Crippen LogP contribution < -0.4 is 0 Å². The van der Waals surface area contributed by atoms with E-state index in [4.69, 9.17) is 5.10 Å². The number of piperazine rings is 1. The number of rotatable bonds is 6. The van der Waals surface area contributed by atoms with E-state index in [0.717, 1.165) is 47.8 Å². The van der Waals surface area contributed by atoms with Crippen LogP contribution in [0.4, 0.5) is 0 Å². The number of aromatic nitrogens is 3. The molecule has 3 heterocycles. The zero-order valence-electron chi connectivity index (χ0n) is 21.3. The topological polar surface area (TPSA) is 46.3 Å². The second-order valence-corrected chi connectivity index (χ2v) is 9.53. The Morgan fingerprint density at radius 1 is 0.944 bits per heavy atom. The fourth-order valence-corrected chi connectivity index (χ4v) is 4.71. The van der Waals surface area contributed by atoms with Crippen LogP contribution in [-0.4, -0.2) is 62.8 Å². The van der Waals surface area contributed by atoms with E-state index in [0.29, 0.717) is 18.8 Å². The minimum absolute atomic E-state index is 0.0309. The van der Waals surface area contributed by atoms with Gasteiger partial charge < -0.3 is 9.47 Å². The van der Waals surface area contributed by atoms with Crippen LogP contribution in [-0.2, 0) is 7.05 Å². The molecular formula is C30H33N5O. The molecular weight excluding hydrogens is 446 g/mol. The van der Waals surface area contributed by atoms with Crippen LogP contribution in [0.2, 0.25) is 0 Å². The van der Waals surface area contributed by atoms with Gasteiger partial charge in [0.1, 0.15) is 11.4 Å². The molecule has 1 aliphatic rings. The molecule has 0 N–H and O–H groups in total. The molecule has 6 heteroatoms. The van der Waals surface area contributed by atoms with Crippen LogP contribution in [0.25, 0.3) is 23.2 Å². The summed E-state index contributed by atoms with van der Waals surface area (Å²) in [6, 6.07) is 22.6. The van der Waals surface area contributed by atoms with Gasteiger partial charge in [0.15, 0.2) is 0 Å². The van der Waals surface area contributed by atoms with Gasteiger partial charge >= 0.3 is 0 Å². The van der Waals surface area contributed by atoms with Crippen LogP contribution in [0, 0.1) is 13.8 Å². The van der Waals surface area contributed by atoms with Crippen molar-refractivity contribution >= 4 is 12.0 Å². The molecule has 184 valence electrons. The largest absolute Gasteiger partial charge is 0.349 e. The Kier molecular flexibility index (Phi) is 6.87. The SMILES string of the molecule is Cc1ccc(C)c(-n2nc(-c3cccn3C)cc2C(=O)N2CCN(CC=Cc3ccccc3)CC2)c1. The lowest BCUT2D eigenvalue weighted by atomic mass is 10.1. The minimum atomic E-state index is 0.0309. The Hall–Kier alpha value is -3.90. The number of hydrogen-bond donors (Lipinski definition) is 0. The van der Waals surface area contributed by atoms with Crippen molar-refractivity contribution in [2.75, 3.05) is 32.7 Å². The van der Waals surface area contributed by atoms with Crippen LogP contribution in [0.3, 0.4) is 0 Å². The summed E-state index contributed by atoms with van der Waals surface area (Å²) in [5, 5.41) is 4.91. The highest BCUT2D eigenvalue weighted by atomic mass is 16.2. The quantitative estimate of drug-likeness (QED) is 0.392. The lowest BCUT2D eigenvalue weighted by Crippen LogP contribution is -2.49. The van der Waals surface area contributed by atoms with Gasteiger partial charge in [0.2, 0.25) is 0 Å². The van der Waals surface area contributed by atoms with Gasteiger partial charge in [-0.05, 0) is 54.8 Å². The molecule has 1 amide bonds. The number of amides is 1. The summed E-state index contributed by atoms with van der Waals surface area (Å²) in [7, 11) is 2.00. The van der Waals surface area contributed by atoms with Gasteiger partial charge in [0.05, 0.1) is 11.4 Å². The Morgan fingerprint density at radius 3 is 2.44 bits per heavy atom. The van der Waals surface area contributed by atoms with Crippen molar-refractivity contribution in [2.24, 2.45) is 7.05 Å². The summed E-state index contributed by atoms with van der Waals surface area (Å²) >= 11 is 0. The Bertz CT molecular complexity index is 1370. The van der Waals surface area contributed by atoms with Gasteiger partial charge in [-0.3, -0.25) is 9.69 Å². The number of carbonyl (C=O) groups is 1. The fourth-order valence-electron chi connectivity index (χ4n) is 4.71. The molecule has 0 unspecified atom stereocenters. The summed E-state index contributed by atoms with van der Waals surface area (Å²) in [6.07, 6.45) is 6.36. The molecule has 1 aliphatic heterocycles. The van der Waals surface area contributed by atoms with Crippen molar-refractivity contribution in [3.8, 4) is 17.1 Å². The zero-order chi connectivity index (χ0) is 25.1. The number of nitrogens with zero attached hydrogens (tertiary/aromatic N) is 5. The van der Waals surface area contributed by atoms with Crippen LogP contribution in [0.1, 0.15) is 27.2 Å². The van der Waals surface area contributed by atoms with Gasteiger partial charge in [-0.1, -0.05) is 54.6 Å². The molecule has 5 rings (SSSR count). The standard InChI is InChI=1S/C30H33N5O/c1-23-13-14-24(2)28(21-23)35-29(22-26(31-35)27-12-8-15-32(27)3)30(36)34-19-17-33(18-20-34)16-7-11-25-9-5-4-6-10-25/h4-15,21-22H,16-20H2,1-3H3.